The molecular weight excluding hydrogens is 874 g/mol. The highest BCUT2D eigenvalue weighted by atomic mass is 32.1. The van der Waals surface area contributed by atoms with Gasteiger partial charge < -0.3 is 14.7 Å². The third-order valence-electron chi connectivity index (χ3n) is 17.1. The maximum Gasteiger partial charge on any atom is 0.252 e. The van der Waals surface area contributed by atoms with E-state index in [1.165, 1.54) is 150 Å². The Morgan fingerprint density at radius 2 is 1.17 bits per heavy atom. The summed E-state index contributed by atoms with van der Waals surface area (Å²) in [6.07, 6.45) is 4.89. The normalized spacial score (nSPS) is 19.4. The monoisotopic (exact) mass is 929 g/mol. The van der Waals surface area contributed by atoms with Crippen molar-refractivity contribution in [3.05, 3.63) is 173 Å². The Morgan fingerprint density at radius 1 is 0.507 bits per heavy atom. The van der Waals surface area contributed by atoms with Gasteiger partial charge in [0.25, 0.3) is 6.71 Å². The number of rotatable bonds is 3. The van der Waals surface area contributed by atoms with Gasteiger partial charge in [-0.15, -0.1) is 22.7 Å². The van der Waals surface area contributed by atoms with Crippen molar-refractivity contribution in [2.24, 2.45) is 0 Å². The fourth-order valence-corrected chi connectivity index (χ4v) is 16.1. The van der Waals surface area contributed by atoms with E-state index >= 15 is 0 Å². The van der Waals surface area contributed by atoms with Crippen molar-refractivity contribution >= 4 is 132 Å². The first kappa shape index (κ1) is 41.6. The standard InChI is InChI=1S/C63H56BN3S2/c1-37-30-39(3)58-52(31-37)67(63(8)29-14-13-28-62(58,63)7)42-24-26-47-51(35-42)66(50-19-15-18-46-44-17-10-12-21-56(44)69-60(46)50)54-33-38(2)32-53-59(54)64(47)48-34-40(61(4,5)6)22-27-49(48)65(53)41-23-25-45-43-16-9-11-20-55(43)68-57(45)36-41/h9-12,15-27,30-36H,13-14,28-29H2,1-8H3. The Balaban J connectivity index is 1.07. The van der Waals surface area contributed by atoms with Crippen molar-refractivity contribution in [3.63, 3.8) is 0 Å². The van der Waals surface area contributed by atoms with E-state index in [1.54, 1.807) is 5.56 Å². The first-order valence-electron chi connectivity index (χ1n) is 25.1. The smallest absolute Gasteiger partial charge is 0.252 e. The number of hydrogen-bond acceptors (Lipinski definition) is 5. The van der Waals surface area contributed by atoms with Gasteiger partial charge in [-0.2, -0.15) is 0 Å². The molecule has 2 atom stereocenters. The van der Waals surface area contributed by atoms with Crippen LogP contribution >= 0.6 is 22.7 Å². The molecule has 0 bridgehead atoms. The SMILES string of the molecule is Cc1cc2c3c(c1)N(c1cccc4c1sc1ccccc14)c1cc(N4c5cc(C)cc(C)c5C5(C)CCCCC45C)ccc1B3c1cc(C(C)(C)C)ccc1N2c1ccc2c(c1)sc1ccccc12. The van der Waals surface area contributed by atoms with E-state index in [0.717, 1.165) is 0 Å². The third kappa shape index (κ3) is 5.68. The molecule has 1 saturated carbocycles. The van der Waals surface area contributed by atoms with Crippen LogP contribution < -0.4 is 31.1 Å². The largest absolute Gasteiger partial charge is 0.334 e. The summed E-state index contributed by atoms with van der Waals surface area (Å²) in [5.41, 5.74) is 21.2. The zero-order valence-electron chi connectivity index (χ0n) is 40.9. The highest BCUT2D eigenvalue weighted by Crippen LogP contribution is 2.62. The molecule has 3 aliphatic heterocycles. The minimum absolute atomic E-state index is 0.0185. The molecule has 4 aliphatic rings. The maximum atomic E-state index is 2.80. The molecule has 1 fully saturated rings. The summed E-state index contributed by atoms with van der Waals surface area (Å²) >= 11 is 3.83. The van der Waals surface area contributed by atoms with Gasteiger partial charge in [-0.05, 0) is 157 Å². The summed E-state index contributed by atoms with van der Waals surface area (Å²) in [5.74, 6) is 0. The van der Waals surface area contributed by atoms with Gasteiger partial charge in [-0.25, -0.2) is 0 Å². The van der Waals surface area contributed by atoms with Crippen LogP contribution in [0, 0.1) is 20.8 Å². The van der Waals surface area contributed by atoms with Crippen molar-refractivity contribution in [2.75, 3.05) is 14.7 Å². The molecule has 8 aromatic carbocycles. The minimum Gasteiger partial charge on any atom is -0.334 e. The fourth-order valence-electron chi connectivity index (χ4n) is 13.8. The average molecular weight is 930 g/mol. The van der Waals surface area contributed by atoms with E-state index in [9.17, 15) is 0 Å². The highest BCUT2D eigenvalue weighted by Gasteiger charge is 2.58. The van der Waals surface area contributed by atoms with E-state index in [4.69, 9.17) is 0 Å². The molecule has 0 saturated heterocycles. The second-order valence-electron chi connectivity index (χ2n) is 22.2. The summed E-state index contributed by atoms with van der Waals surface area (Å²) in [7, 11) is 0. The van der Waals surface area contributed by atoms with E-state index in [0.29, 0.717) is 0 Å². The number of aryl methyl sites for hydroxylation is 3. The molecule has 0 radical (unpaired) electrons. The zero-order valence-corrected chi connectivity index (χ0v) is 42.6. The van der Waals surface area contributed by atoms with Crippen LogP contribution in [0.15, 0.2) is 146 Å². The zero-order chi connectivity index (χ0) is 46.9. The van der Waals surface area contributed by atoms with Crippen LogP contribution in [0.2, 0.25) is 0 Å². The number of thiophene rings is 2. The molecule has 1 aliphatic carbocycles. The first-order chi connectivity index (χ1) is 33.3. The van der Waals surface area contributed by atoms with Gasteiger partial charge >= 0.3 is 0 Å². The third-order valence-corrected chi connectivity index (χ3v) is 19.4. The van der Waals surface area contributed by atoms with Crippen LogP contribution in [0.5, 0.6) is 0 Å². The molecule has 338 valence electrons. The van der Waals surface area contributed by atoms with E-state index in [1.807, 2.05) is 22.7 Å². The molecule has 0 N–H and O–H groups in total. The highest BCUT2D eigenvalue weighted by molar-refractivity contribution is 7.26. The lowest BCUT2D eigenvalue weighted by molar-refractivity contribution is 0.194. The molecule has 5 heterocycles. The number of fused-ring (bicyclic) bond motifs is 13. The Labute approximate surface area is 414 Å². The molecular formula is C63H56BN3S2. The molecule has 0 spiro atoms. The Morgan fingerprint density at radius 3 is 1.97 bits per heavy atom. The van der Waals surface area contributed by atoms with Crippen LogP contribution in [-0.4, -0.2) is 12.3 Å². The molecule has 6 heteroatoms. The van der Waals surface area contributed by atoms with E-state index < -0.39 is 0 Å². The van der Waals surface area contributed by atoms with Crippen molar-refractivity contribution < 1.29 is 0 Å². The summed E-state index contributed by atoms with van der Waals surface area (Å²) < 4.78 is 5.30. The minimum atomic E-state index is -0.0674. The number of nitrogens with zero attached hydrogens (tertiary/aromatic N) is 3. The Hall–Kier alpha value is -6.34. The topological polar surface area (TPSA) is 9.72 Å². The predicted octanol–water partition coefficient (Wildman–Crippen LogP) is 16.5. The van der Waals surface area contributed by atoms with Gasteiger partial charge in [-0.1, -0.05) is 119 Å². The second-order valence-corrected chi connectivity index (χ2v) is 24.4. The molecule has 69 heavy (non-hydrogen) atoms. The van der Waals surface area contributed by atoms with Crippen LogP contribution in [0.1, 0.15) is 88.1 Å². The quantitative estimate of drug-likeness (QED) is 0.164. The number of benzene rings is 8. The van der Waals surface area contributed by atoms with Crippen LogP contribution in [0.3, 0.4) is 0 Å². The van der Waals surface area contributed by atoms with Crippen molar-refractivity contribution in [1.82, 2.24) is 0 Å². The molecule has 2 unspecified atom stereocenters. The van der Waals surface area contributed by atoms with Crippen molar-refractivity contribution in [1.29, 1.82) is 0 Å². The molecule has 2 aromatic heterocycles. The van der Waals surface area contributed by atoms with Crippen LogP contribution in [0.25, 0.3) is 40.3 Å². The van der Waals surface area contributed by atoms with Crippen LogP contribution in [-0.2, 0) is 10.8 Å². The summed E-state index contributed by atoms with van der Waals surface area (Å²) in [6, 6.07) is 57.0. The number of hydrogen-bond donors (Lipinski definition) is 0. The molecule has 3 nitrogen and oxygen atoms in total. The van der Waals surface area contributed by atoms with Gasteiger partial charge in [0.15, 0.2) is 0 Å². The van der Waals surface area contributed by atoms with Crippen molar-refractivity contribution in [3.8, 4) is 0 Å². The Kier molecular flexibility index (Phi) is 8.67. The average Bonchev–Trinajstić information content (AvgIpc) is 3.96. The second kappa shape index (κ2) is 14.4. The van der Waals surface area contributed by atoms with Crippen LogP contribution in [0.4, 0.5) is 45.5 Å². The first-order valence-corrected chi connectivity index (χ1v) is 26.7. The summed E-state index contributed by atoms with van der Waals surface area (Å²) in [4.78, 5) is 8.09. The van der Waals surface area contributed by atoms with E-state index in [2.05, 4.69) is 216 Å². The molecule has 0 amide bonds. The lowest BCUT2D eigenvalue weighted by Gasteiger charge is -2.51. The van der Waals surface area contributed by atoms with Gasteiger partial charge in [-0.3, -0.25) is 0 Å². The summed E-state index contributed by atoms with van der Waals surface area (Å²) in [6.45, 7) is 19.2. The van der Waals surface area contributed by atoms with Gasteiger partial charge in [0.1, 0.15) is 0 Å². The predicted molar refractivity (Wildman–Crippen MR) is 302 cm³/mol. The van der Waals surface area contributed by atoms with Gasteiger partial charge in [0.2, 0.25) is 0 Å². The molecule has 10 aromatic rings. The lowest BCUT2D eigenvalue weighted by Crippen LogP contribution is -2.61. The van der Waals surface area contributed by atoms with Crippen molar-refractivity contribution in [2.45, 2.75) is 97.4 Å². The fraction of sp³-hybridized carbons (Fsp3) is 0.238. The van der Waals surface area contributed by atoms with Gasteiger partial charge in [0, 0.05) is 80.9 Å². The lowest BCUT2D eigenvalue weighted by atomic mass is 9.33. The maximum absolute atomic E-state index is 2.80. The summed E-state index contributed by atoms with van der Waals surface area (Å²) in [5, 5.41) is 5.30. The molecule has 14 rings (SSSR count). The van der Waals surface area contributed by atoms with E-state index in [-0.39, 0.29) is 23.1 Å². The number of anilines is 8. The van der Waals surface area contributed by atoms with Gasteiger partial charge in [0.05, 0.1) is 15.9 Å². The Bertz CT molecular complexity index is 3850.